The van der Waals surface area contributed by atoms with E-state index >= 15 is 0 Å². The summed E-state index contributed by atoms with van der Waals surface area (Å²) in [6.45, 7) is 0.760. The van der Waals surface area contributed by atoms with Crippen molar-refractivity contribution in [3.05, 3.63) is 66.4 Å². The van der Waals surface area contributed by atoms with Gasteiger partial charge in [0.15, 0.2) is 0 Å². The predicted molar refractivity (Wildman–Crippen MR) is 88.8 cm³/mol. The molecule has 3 nitrogen and oxygen atoms in total. The number of aromatic amines is 1. The molecule has 0 aliphatic heterocycles. The first-order chi connectivity index (χ1) is 10.4. The molecule has 0 aliphatic carbocycles. The molecule has 1 heterocycles. The summed E-state index contributed by atoms with van der Waals surface area (Å²) in [5, 5.41) is 4.64. The van der Waals surface area contributed by atoms with Crippen molar-refractivity contribution in [2.45, 2.75) is 0 Å². The Labute approximate surface area is 124 Å². The normalized spacial score (nSPS) is 11.1. The van der Waals surface area contributed by atoms with E-state index in [0.29, 0.717) is 0 Å². The van der Waals surface area contributed by atoms with E-state index in [1.807, 2.05) is 30.5 Å². The first-order valence-corrected chi connectivity index (χ1v) is 6.98. The zero-order valence-corrected chi connectivity index (χ0v) is 12.0. The highest BCUT2D eigenvalue weighted by molar-refractivity contribution is 5.90. The van der Waals surface area contributed by atoms with Crippen molar-refractivity contribution in [3.8, 4) is 5.75 Å². The molecule has 0 unspecified atom stereocenters. The van der Waals surface area contributed by atoms with E-state index in [1.54, 1.807) is 7.11 Å². The van der Waals surface area contributed by atoms with E-state index in [1.165, 1.54) is 5.39 Å². The highest BCUT2D eigenvalue weighted by atomic mass is 16.5. The lowest BCUT2D eigenvalue weighted by Crippen LogP contribution is -1.98. The summed E-state index contributed by atoms with van der Waals surface area (Å²) >= 11 is 0. The number of ether oxygens (including phenoxy) is 1. The zero-order chi connectivity index (χ0) is 14.5. The van der Waals surface area contributed by atoms with Crippen LogP contribution in [0.1, 0.15) is 5.56 Å². The quantitative estimate of drug-likeness (QED) is 0.730. The molecule has 1 aromatic heterocycles. The molecule has 2 N–H and O–H groups in total. The van der Waals surface area contributed by atoms with Crippen LogP contribution in [0.3, 0.4) is 0 Å². The van der Waals surface area contributed by atoms with Crippen molar-refractivity contribution < 1.29 is 4.74 Å². The van der Waals surface area contributed by atoms with Gasteiger partial charge in [-0.15, -0.1) is 0 Å². The molecule has 2 aromatic carbocycles. The standard InChI is InChI=1S/C18H18N2O/c1-21-17-10-3-2-6-14(17)8-5-12-19-16-9-4-7-15-11-13-20-18(15)16/h2-11,13,19-20H,12H2,1H3/b8-5+. The van der Waals surface area contributed by atoms with Crippen molar-refractivity contribution in [1.82, 2.24) is 4.98 Å². The minimum absolute atomic E-state index is 0.760. The predicted octanol–water partition coefficient (Wildman–Crippen LogP) is 4.30. The Bertz CT molecular complexity index is 759. The Balaban J connectivity index is 1.68. The summed E-state index contributed by atoms with van der Waals surface area (Å²) in [6, 6.07) is 16.3. The molecule has 0 radical (unpaired) electrons. The van der Waals surface area contributed by atoms with Gasteiger partial charge in [-0.1, -0.05) is 42.5 Å². The third-order valence-electron chi connectivity index (χ3n) is 3.43. The average molecular weight is 278 g/mol. The van der Waals surface area contributed by atoms with Crippen molar-refractivity contribution >= 4 is 22.7 Å². The van der Waals surface area contributed by atoms with Gasteiger partial charge in [-0.05, 0) is 18.2 Å². The van der Waals surface area contributed by atoms with Crippen LogP contribution in [0.15, 0.2) is 60.8 Å². The molecule has 3 rings (SSSR count). The van der Waals surface area contributed by atoms with Crippen LogP contribution < -0.4 is 10.1 Å². The van der Waals surface area contributed by atoms with E-state index < -0.39 is 0 Å². The Hall–Kier alpha value is -2.68. The van der Waals surface area contributed by atoms with E-state index in [4.69, 9.17) is 4.74 Å². The van der Waals surface area contributed by atoms with Crippen molar-refractivity contribution in [1.29, 1.82) is 0 Å². The van der Waals surface area contributed by atoms with Crippen LogP contribution in [-0.2, 0) is 0 Å². The summed E-state index contributed by atoms with van der Waals surface area (Å²) in [7, 11) is 1.69. The number of hydrogen-bond acceptors (Lipinski definition) is 2. The van der Waals surface area contributed by atoms with E-state index in [2.05, 4.69) is 46.7 Å². The summed E-state index contributed by atoms with van der Waals surface area (Å²) in [4.78, 5) is 3.26. The Kier molecular flexibility index (Phi) is 3.92. The zero-order valence-electron chi connectivity index (χ0n) is 12.0. The number of methoxy groups -OCH3 is 1. The third-order valence-corrected chi connectivity index (χ3v) is 3.43. The Morgan fingerprint density at radius 1 is 1.10 bits per heavy atom. The molecular weight excluding hydrogens is 260 g/mol. The SMILES string of the molecule is COc1ccccc1/C=C/CNc1cccc2cc[nH]c12. The van der Waals surface area contributed by atoms with Gasteiger partial charge < -0.3 is 15.0 Å². The molecule has 0 saturated carbocycles. The monoisotopic (exact) mass is 278 g/mol. The second-order valence-electron chi connectivity index (χ2n) is 4.77. The van der Waals surface area contributed by atoms with E-state index in [9.17, 15) is 0 Å². The van der Waals surface area contributed by atoms with E-state index in [-0.39, 0.29) is 0 Å². The fourth-order valence-electron chi connectivity index (χ4n) is 2.39. The lowest BCUT2D eigenvalue weighted by molar-refractivity contribution is 0.414. The molecule has 3 heteroatoms. The van der Waals surface area contributed by atoms with E-state index in [0.717, 1.165) is 29.1 Å². The first-order valence-electron chi connectivity index (χ1n) is 6.98. The number of para-hydroxylation sites is 2. The summed E-state index contributed by atoms with van der Waals surface area (Å²) < 4.78 is 5.33. The van der Waals surface area contributed by atoms with Gasteiger partial charge in [0.1, 0.15) is 5.75 Å². The summed E-state index contributed by atoms with van der Waals surface area (Å²) in [5.41, 5.74) is 3.34. The highest BCUT2D eigenvalue weighted by Crippen LogP contribution is 2.22. The number of aromatic nitrogens is 1. The lowest BCUT2D eigenvalue weighted by Gasteiger charge is -2.06. The fourth-order valence-corrected chi connectivity index (χ4v) is 2.39. The number of fused-ring (bicyclic) bond motifs is 1. The molecule has 0 fully saturated rings. The third kappa shape index (κ3) is 2.92. The first kappa shape index (κ1) is 13.3. The van der Waals surface area contributed by atoms with Gasteiger partial charge in [0.2, 0.25) is 0 Å². The van der Waals surface area contributed by atoms with Gasteiger partial charge in [-0.2, -0.15) is 0 Å². The van der Waals surface area contributed by atoms with Crippen LogP contribution in [0.4, 0.5) is 5.69 Å². The topological polar surface area (TPSA) is 37.0 Å². The lowest BCUT2D eigenvalue weighted by atomic mass is 10.2. The van der Waals surface area contributed by atoms with Crippen molar-refractivity contribution in [2.24, 2.45) is 0 Å². The molecule has 21 heavy (non-hydrogen) atoms. The minimum atomic E-state index is 0.760. The van der Waals surface area contributed by atoms with Crippen LogP contribution in [0, 0.1) is 0 Å². The molecule has 0 amide bonds. The number of nitrogens with one attached hydrogen (secondary N) is 2. The summed E-state index contributed by atoms with van der Waals surface area (Å²) in [5.74, 6) is 0.889. The molecule has 0 spiro atoms. The second kappa shape index (κ2) is 6.18. The fraction of sp³-hybridized carbons (Fsp3) is 0.111. The maximum atomic E-state index is 5.33. The smallest absolute Gasteiger partial charge is 0.126 e. The number of benzene rings is 2. The van der Waals surface area contributed by atoms with Gasteiger partial charge in [0.05, 0.1) is 18.3 Å². The molecule has 0 saturated heterocycles. The maximum absolute atomic E-state index is 5.33. The van der Waals surface area contributed by atoms with Crippen molar-refractivity contribution in [3.63, 3.8) is 0 Å². The molecule has 0 bridgehead atoms. The van der Waals surface area contributed by atoms with Crippen LogP contribution in [0.2, 0.25) is 0 Å². The summed E-state index contributed by atoms with van der Waals surface area (Å²) in [6.07, 6.45) is 6.13. The molecule has 0 atom stereocenters. The van der Waals surface area contributed by atoms with Gasteiger partial charge >= 0.3 is 0 Å². The van der Waals surface area contributed by atoms with Gasteiger partial charge in [0.25, 0.3) is 0 Å². The number of rotatable bonds is 5. The van der Waals surface area contributed by atoms with Crippen LogP contribution >= 0.6 is 0 Å². The average Bonchev–Trinajstić information content (AvgIpc) is 3.01. The Morgan fingerprint density at radius 2 is 2.00 bits per heavy atom. The van der Waals surface area contributed by atoms with Gasteiger partial charge in [0, 0.05) is 23.7 Å². The molecule has 0 aliphatic rings. The van der Waals surface area contributed by atoms with Gasteiger partial charge in [-0.3, -0.25) is 0 Å². The molecule has 3 aromatic rings. The number of hydrogen-bond donors (Lipinski definition) is 2. The molecule has 106 valence electrons. The van der Waals surface area contributed by atoms with Crippen LogP contribution in [-0.4, -0.2) is 18.6 Å². The minimum Gasteiger partial charge on any atom is -0.496 e. The van der Waals surface area contributed by atoms with Crippen LogP contribution in [0.25, 0.3) is 17.0 Å². The van der Waals surface area contributed by atoms with Gasteiger partial charge in [-0.25, -0.2) is 0 Å². The maximum Gasteiger partial charge on any atom is 0.126 e. The number of H-pyrrole nitrogens is 1. The Morgan fingerprint density at radius 3 is 2.90 bits per heavy atom. The van der Waals surface area contributed by atoms with Crippen LogP contribution in [0.5, 0.6) is 5.75 Å². The number of anilines is 1. The van der Waals surface area contributed by atoms with Crippen molar-refractivity contribution in [2.75, 3.05) is 19.0 Å². The molecular formula is C18H18N2O. The second-order valence-corrected chi connectivity index (χ2v) is 4.77. The highest BCUT2D eigenvalue weighted by Gasteiger charge is 2.00. The largest absolute Gasteiger partial charge is 0.496 e.